The fourth-order valence-corrected chi connectivity index (χ4v) is 2.55. The first-order valence-corrected chi connectivity index (χ1v) is 11.9. The van der Waals surface area contributed by atoms with E-state index in [1.807, 2.05) is 55.4 Å². The smallest absolute Gasteiger partial charge is 0.137 e. The third-order valence-corrected chi connectivity index (χ3v) is 3.87. The molecule has 0 saturated heterocycles. The van der Waals surface area contributed by atoms with Crippen LogP contribution in [0.15, 0.2) is 0 Å². The fourth-order valence-electron chi connectivity index (χ4n) is 2.55. The Hall–Kier alpha value is -1.32. The summed E-state index contributed by atoms with van der Waals surface area (Å²) in [5, 5.41) is 0. The molecule has 0 rings (SSSR count). The van der Waals surface area contributed by atoms with Crippen molar-refractivity contribution in [1.29, 1.82) is 0 Å². The highest BCUT2D eigenvalue weighted by Crippen LogP contribution is 2.19. The van der Waals surface area contributed by atoms with Crippen molar-refractivity contribution in [2.75, 3.05) is 0 Å². The van der Waals surface area contributed by atoms with E-state index in [1.165, 1.54) is 0 Å². The van der Waals surface area contributed by atoms with Gasteiger partial charge in [-0.25, -0.2) is 0 Å². The van der Waals surface area contributed by atoms with Gasteiger partial charge in [-0.2, -0.15) is 0 Å². The molecule has 0 bridgehead atoms. The van der Waals surface area contributed by atoms with Crippen molar-refractivity contribution in [3.63, 3.8) is 0 Å². The van der Waals surface area contributed by atoms with Crippen LogP contribution in [0, 0.1) is 21.7 Å². The third-order valence-electron chi connectivity index (χ3n) is 3.87. The predicted octanol–water partition coefficient (Wildman–Crippen LogP) is 8.05. The maximum absolute atomic E-state index is 10.8. The first-order chi connectivity index (χ1) is 13.8. The summed E-state index contributed by atoms with van der Waals surface area (Å²) >= 11 is 0. The van der Waals surface area contributed by atoms with Gasteiger partial charge in [0, 0.05) is 36.5 Å². The Morgan fingerprint density at radius 3 is 0.656 bits per heavy atom. The number of ketones is 4. The second kappa shape index (κ2) is 16.3. The van der Waals surface area contributed by atoms with Gasteiger partial charge in [0.2, 0.25) is 0 Å². The van der Waals surface area contributed by atoms with Crippen LogP contribution in [0.2, 0.25) is 0 Å². The molecule has 192 valence electrons. The zero-order valence-corrected chi connectivity index (χ0v) is 24.5. The van der Waals surface area contributed by atoms with Crippen LogP contribution in [0.25, 0.3) is 0 Å². The standard InChI is InChI=1S/4C7H14O/c2*1-6(8)5-7(2,3)4;2*1-5-6(8)7(2,3)4/h4*5H2,1-4H3. The molecular weight excluding hydrogens is 400 g/mol. The maximum Gasteiger partial charge on any atom is 0.137 e. The number of hydrogen-bond donors (Lipinski definition) is 0. The van der Waals surface area contributed by atoms with Gasteiger partial charge in [-0.15, -0.1) is 0 Å². The first kappa shape index (κ1) is 38.0. The predicted molar refractivity (Wildman–Crippen MR) is 139 cm³/mol. The Bertz CT molecular complexity index is 504. The van der Waals surface area contributed by atoms with Gasteiger partial charge < -0.3 is 9.59 Å². The molecule has 0 atom stereocenters. The Labute approximate surface area is 200 Å². The zero-order chi connectivity index (χ0) is 27.1. The molecule has 0 aromatic rings. The zero-order valence-electron chi connectivity index (χ0n) is 24.5. The number of hydrogen-bond acceptors (Lipinski definition) is 4. The quantitative estimate of drug-likeness (QED) is 0.429. The van der Waals surface area contributed by atoms with E-state index in [9.17, 15) is 19.2 Å². The van der Waals surface area contributed by atoms with Gasteiger partial charge in [-0.1, -0.05) is 96.9 Å². The molecule has 0 spiro atoms. The molecule has 0 aliphatic carbocycles. The maximum atomic E-state index is 10.8. The van der Waals surface area contributed by atoms with E-state index in [4.69, 9.17) is 0 Å². The lowest BCUT2D eigenvalue weighted by Crippen LogP contribution is -2.18. The summed E-state index contributed by atoms with van der Waals surface area (Å²) in [5.41, 5.74) is 0.0845. The molecule has 0 aromatic carbocycles. The van der Waals surface area contributed by atoms with Crippen molar-refractivity contribution in [1.82, 2.24) is 0 Å². The lowest BCUT2D eigenvalue weighted by Gasteiger charge is -2.14. The molecule has 32 heavy (non-hydrogen) atoms. The van der Waals surface area contributed by atoms with Crippen LogP contribution in [0.1, 0.15) is 136 Å². The molecule has 4 nitrogen and oxygen atoms in total. The molecule has 4 heteroatoms. The topological polar surface area (TPSA) is 68.3 Å². The van der Waals surface area contributed by atoms with Gasteiger partial charge in [0.25, 0.3) is 0 Å². The van der Waals surface area contributed by atoms with Gasteiger partial charge in [-0.05, 0) is 24.7 Å². The van der Waals surface area contributed by atoms with Crippen molar-refractivity contribution in [3.8, 4) is 0 Å². The molecule has 0 heterocycles. The van der Waals surface area contributed by atoms with Crippen LogP contribution < -0.4 is 0 Å². The highest BCUT2D eigenvalue weighted by atomic mass is 16.1. The number of Topliss-reactive ketones (excluding diaryl/α,β-unsaturated/α-hetero) is 4. The minimum absolute atomic E-state index is 0.130. The Balaban J connectivity index is -0.000000163. The molecule has 0 aliphatic rings. The second-order valence-electron chi connectivity index (χ2n) is 12.9. The Morgan fingerprint density at radius 1 is 0.469 bits per heavy atom. The Kier molecular flexibility index (Phi) is 19.4. The van der Waals surface area contributed by atoms with E-state index in [0.29, 0.717) is 37.2 Å². The number of carbonyl (C=O) groups is 4. The van der Waals surface area contributed by atoms with Crippen molar-refractivity contribution in [2.24, 2.45) is 21.7 Å². The number of carbonyl (C=O) groups excluding carboxylic acids is 4. The highest BCUT2D eigenvalue weighted by molar-refractivity contribution is 5.83. The Morgan fingerprint density at radius 2 is 0.656 bits per heavy atom. The molecule has 0 radical (unpaired) electrons. The van der Waals surface area contributed by atoms with E-state index in [-0.39, 0.29) is 33.2 Å². The fraction of sp³-hybridized carbons (Fsp3) is 0.857. The summed E-state index contributed by atoms with van der Waals surface area (Å²) in [6.07, 6.45) is 2.69. The highest BCUT2D eigenvalue weighted by Gasteiger charge is 2.18. The van der Waals surface area contributed by atoms with Crippen molar-refractivity contribution in [3.05, 3.63) is 0 Å². The minimum atomic E-state index is -0.130. The minimum Gasteiger partial charge on any atom is -0.300 e. The molecule has 0 aromatic heterocycles. The summed E-state index contributed by atoms with van der Waals surface area (Å²) in [6.45, 7) is 31.1. The largest absolute Gasteiger partial charge is 0.300 e. The molecule has 0 unspecified atom stereocenters. The average Bonchev–Trinajstić information content (AvgIpc) is 2.48. The summed E-state index contributed by atoms with van der Waals surface area (Å²) in [7, 11) is 0. The summed E-state index contributed by atoms with van der Waals surface area (Å²) < 4.78 is 0. The van der Waals surface area contributed by atoms with Crippen LogP contribution in [-0.2, 0) is 19.2 Å². The molecule has 0 fully saturated rings. The lowest BCUT2D eigenvalue weighted by molar-refractivity contribution is -0.126. The first-order valence-electron chi connectivity index (χ1n) is 11.9. The summed E-state index contributed by atoms with van der Waals surface area (Å²) in [6, 6.07) is 0. The van der Waals surface area contributed by atoms with Crippen LogP contribution in [0.3, 0.4) is 0 Å². The van der Waals surface area contributed by atoms with Crippen LogP contribution >= 0.6 is 0 Å². The monoisotopic (exact) mass is 456 g/mol. The SMILES string of the molecule is CC(=O)CC(C)(C)C.CC(=O)CC(C)(C)C.CCC(=O)C(C)(C)C.CCC(=O)C(C)(C)C. The van der Waals surface area contributed by atoms with E-state index in [1.54, 1.807) is 13.8 Å². The van der Waals surface area contributed by atoms with Gasteiger partial charge in [-0.3, -0.25) is 9.59 Å². The molecule has 0 amide bonds. The third kappa shape index (κ3) is 36.1. The van der Waals surface area contributed by atoms with Crippen LogP contribution in [0.5, 0.6) is 0 Å². The lowest BCUT2D eigenvalue weighted by atomic mass is 9.89. The van der Waals surface area contributed by atoms with E-state index >= 15 is 0 Å². The second-order valence-corrected chi connectivity index (χ2v) is 12.9. The molecule has 0 saturated carbocycles. The van der Waals surface area contributed by atoms with Crippen molar-refractivity contribution in [2.45, 2.75) is 136 Å². The molecule has 0 aliphatic heterocycles. The van der Waals surface area contributed by atoms with Gasteiger partial charge in [0.05, 0.1) is 0 Å². The van der Waals surface area contributed by atoms with Crippen LogP contribution in [0.4, 0.5) is 0 Å². The van der Waals surface area contributed by atoms with Crippen LogP contribution in [-0.4, -0.2) is 23.1 Å². The molecule has 0 N–H and O–H groups in total. The van der Waals surface area contributed by atoms with Crippen molar-refractivity contribution >= 4 is 23.1 Å². The van der Waals surface area contributed by atoms with E-state index in [0.717, 1.165) is 0 Å². The molecular formula is C28H56O4. The van der Waals surface area contributed by atoms with E-state index < -0.39 is 0 Å². The van der Waals surface area contributed by atoms with Crippen molar-refractivity contribution < 1.29 is 19.2 Å². The van der Waals surface area contributed by atoms with Gasteiger partial charge in [0.1, 0.15) is 23.1 Å². The number of rotatable bonds is 4. The van der Waals surface area contributed by atoms with E-state index in [2.05, 4.69) is 41.5 Å². The average molecular weight is 457 g/mol. The van der Waals surface area contributed by atoms with Gasteiger partial charge in [0.15, 0.2) is 0 Å². The summed E-state index contributed by atoms with van der Waals surface area (Å²) in [4.78, 5) is 42.6. The van der Waals surface area contributed by atoms with Gasteiger partial charge >= 0.3 is 0 Å². The normalized spacial score (nSPS) is 11.5. The summed E-state index contributed by atoms with van der Waals surface area (Å²) in [5.74, 6) is 1.21.